The van der Waals surface area contributed by atoms with E-state index >= 15 is 0 Å². The summed E-state index contributed by atoms with van der Waals surface area (Å²) >= 11 is 0. The first kappa shape index (κ1) is 9.89. The summed E-state index contributed by atoms with van der Waals surface area (Å²) in [6.07, 6.45) is 1.71. The van der Waals surface area contributed by atoms with Gasteiger partial charge in [0.15, 0.2) is 0 Å². The summed E-state index contributed by atoms with van der Waals surface area (Å²) in [5, 5.41) is 3.08. The highest BCUT2D eigenvalue weighted by atomic mass is 19.1. The molecule has 0 aliphatic heterocycles. The zero-order chi connectivity index (χ0) is 8.04. The molecule has 0 saturated carbocycles. The minimum absolute atomic E-state index is 0.156. The Balaban J connectivity index is 3.69. The molecule has 0 amide bonds. The average Bonchev–Trinajstić information content (AvgIpc) is 1.89. The second-order valence-electron chi connectivity index (χ2n) is 3.13. The van der Waals surface area contributed by atoms with E-state index in [1.165, 1.54) is 0 Å². The van der Waals surface area contributed by atoms with Crippen molar-refractivity contribution in [1.82, 2.24) is 5.32 Å². The fraction of sp³-hybridized carbons (Fsp3) is 1.00. The molecule has 1 N–H and O–H groups in total. The summed E-state index contributed by atoms with van der Waals surface area (Å²) < 4.78 is 12.0. The van der Waals surface area contributed by atoms with E-state index in [2.05, 4.69) is 19.2 Å². The van der Waals surface area contributed by atoms with Gasteiger partial charge in [-0.1, -0.05) is 13.8 Å². The van der Waals surface area contributed by atoms with E-state index in [-0.39, 0.29) is 12.1 Å². The van der Waals surface area contributed by atoms with Crippen LogP contribution in [0.1, 0.15) is 26.7 Å². The third-order valence-corrected chi connectivity index (χ3v) is 2.16. The SMILES string of the molecule is CCC(C)(CCF)CNC. The second-order valence-corrected chi connectivity index (χ2v) is 3.13. The molecule has 0 aromatic carbocycles. The Morgan fingerprint density at radius 3 is 2.40 bits per heavy atom. The minimum atomic E-state index is -0.202. The third-order valence-electron chi connectivity index (χ3n) is 2.16. The lowest BCUT2D eigenvalue weighted by Crippen LogP contribution is -2.29. The first-order valence-corrected chi connectivity index (χ1v) is 3.89. The second kappa shape index (κ2) is 4.67. The Labute approximate surface area is 63.0 Å². The topological polar surface area (TPSA) is 12.0 Å². The van der Waals surface area contributed by atoms with Gasteiger partial charge >= 0.3 is 0 Å². The van der Waals surface area contributed by atoms with Crippen LogP contribution in [0.15, 0.2) is 0 Å². The minimum Gasteiger partial charge on any atom is -0.319 e. The highest BCUT2D eigenvalue weighted by molar-refractivity contribution is 4.73. The van der Waals surface area contributed by atoms with Gasteiger partial charge < -0.3 is 5.32 Å². The van der Waals surface area contributed by atoms with E-state index in [1.54, 1.807) is 0 Å². The van der Waals surface area contributed by atoms with Gasteiger partial charge in [0.2, 0.25) is 0 Å². The molecule has 0 rings (SSSR count). The number of nitrogens with one attached hydrogen (secondary N) is 1. The summed E-state index contributed by atoms with van der Waals surface area (Å²) in [6.45, 7) is 4.93. The Hall–Kier alpha value is -0.110. The Morgan fingerprint density at radius 1 is 1.50 bits per heavy atom. The van der Waals surface area contributed by atoms with Crippen molar-refractivity contribution < 1.29 is 4.39 Å². The average molecular weight is 147 g/mol. The van der Waals surface area contributed by atoms with Gasteiger partial charge in [-0.2, -0.15) is 0 Å². The van der Waals surface area contributed by atoms with Crippen molar-refractivity contribution >= 4 is 0 Å². The summed E-state index contributed by atoms with van der Waals surface area (Å²) in [4.78, 5) is 0. The molecule has 10 heavy (non-hydrogen) atoms. The Bertz CT molecular complexity index is 77.3. The van der Waals surface area contributed by atoms with Crippen molar-refractivity contribution in [2.24, 2.45) is 5.41 Å². The summed E-state index contributed by atoms with van der Waals surface area (Å²) in [7, 11) is 1.91. The monoisotopic (exact) mass is 147 g/mol. The molecule has 0 saturated heterocycles. The van der Waals surface area contributed by atoms with E-state index in [4.69, 9.17) is 0 Å². The molecule has 0 heterocycles. The first-order valence-electron chi connectivity index (χ1n) is 3.89. The van der Waals surface area contributed by atoms with Crippen molar-refractivity contribution in [1.29, 1.82) is 0 Å². The summed E-state index contributed by atoms with van der Waals surface area (Å²) in [5.41, 5.74) is 0.156. The van der Waals surface area contributed by atoms with Crippen LogP contribution in [0.25, 0.3) is 0 Å². The molecular formula is C8H18FN. The molecule has 0 aromatic rings. The van der Waals surface area contributed by atoms with Gasteiger partial charge in [0.05, 0.1) is 6.67 Å². The standard InChI is InChI=1S/C8H18FN/c1-4-8(2,5-6-9)7-10-3/h10H,4-7H2,1-3H3. The van der Waals surface area contributed by atoms with Gasteiger partial charge in [-0.25, -0.2) is 0 Å². The number of hydrogen-bond donors (Lipinski definition) is 1. The summed E-state index contributed by atoms with van der Waals surface area (Å²) in [5.74, 6) is 0. The number of rotatable bonds is 5. The van der Waals surface area contributed by atoms with Gasteiger partial charge in [0.25, 0.3) is 0 Å². The molecule has 0 spiro atoms. The lowest BCUT2D eigenvalue weighted by molar-refractivity contribution is 0.245. The highest BCUT2D eigenvalue weighted by Crippen LogP contribution is 2.24. The van der Waals surface area contributed by atoms with Crippen molar-refractivity contribution in [3.05, 3.63) is 0 Å². The summed E-state index contributed by atoms with van der Waals surface area (Å²) in [6, 6.07) is 0. The fourth-order valence-electron chi connectivity index (χ4n) is 1.05. The van der Waals surface area contributed by atoms with Crippen molar-refractivity contribution in [3.63, 3.8) is 0 Å². The Kier molecular flexibility index (Phi) is 4.62. The van der Waals surface area contributed by atoms with Crippen LogP contribution in [0.2, 0.25) is 0 Å². The fourth-order valence-corrected chi connectivity index (χ4v) is 1.05. The van der Waals surface area contributed by atoms with Crippen LogP contribution in [0.3, 0.4) is 0 Å². The lowest BCUT2D eigenvalue weighted by atomic mass is 9.84. The Morgan fingerprint density at radius 2 is 2.10 bits per heavy atom. The molecule has 2 heteroatoms. The maximum absolute atomic E-state index is 12.0. The van der Waals surface area contributed by atoms with Crippen molar-refractivity contribution in [2.75, 3.05) is 20.3 Å². The third kappa shape index (κ3) is 3.16. The highest BCUT2D eigenvalue weighted by Gasteiger charge is 2.19. The van der Waals surface area contributed by atoms with Gasteiger partial charge in [0, 0.05) is 6.54 Å². The molecule has 0 aromatic heterocycles. The van der Waals surface area contributed by atoms with Crippen LogP contribution in [-0.4, -0.2) is 20.3 Å². The van der Waals surface area contributed by atoms with E-state index in [0.717, 1.165) is 13.0 Å². The van der Waals surface area contributed by atoms with Crippen LogP contribution < -0.4 is 5.32 Å². The van der Waals surface area contributed by atoms with Crippen LogP contribution in [0.4, 0.5) is 4.39 Å². The zero-order valence-corrected chi connectivity index (χ0v) is 7.21. The van der Waals surface area contributed by atoms with E-state index in [1.807, 2.05) is 7.05 Å². The number of hydrogen-bond acceptors (Lipinski definition) is 1. The van der Waals surface area contributed by atoms with Gasteiger partial charge in [-0.3, -0.25) is 4.39 Å². The molecule has 0 fully saturated rings. The predicted octanol–water partition coefficient (Wildman–Crippen LogP) is 1.98. The maximum Gasteiger partial charge on any atom is 0.0900 e. The van der Waals surface area contributed by atoms with Crippen LogP contribution in [-0.2, 0) is 0 Å². The number of halogens is 1. The molecule has 0 radical (unpaired) electrons. The van der Waals surface area contributed by atoms with Crippen molar-refractivity contribution in [3.8, 4) is 0 Å². The molecule has 0 aliphatic rings. The van der Waals surface area contributed by atoms with E-state index in [9.17, 15) is 4.39 Å². The normalized spacial score (nSPS) is 16.8. The molecule has 1 nitrogen and oxygen atoms in total. The quantitative estimate of drug-likeness (QED) is 0.627. The molecular weight excluding hydrogens is 129 g/mol. The van der Waals surface area contributed by atoms with Gasteiger partial charge in [-0.15, -0.1) is 0 Å². The van der Waals surface area contributed by atoms with E-state index < -0.39 is 0 Å². The van der Waals surface area contributed by atoms with E-state index in [0.29, 0.717) is 6.42 Å². The molecule has 1 atom stereocenters. The molecule has 0 bridgehead atoms. The van der Waals surface area contributed by atoms with Crippen LogP contribution in [0, 0.1) is 5.41 Å². The van der Waals surface area contributed by atoms with Crippen LogP contribution >= 0.6 is 0 Å². The zero-order valence-electron chi connectivity index (χ0n) is 7.21. The van der Waals surface area contributed by atoms with Crippen LogP contribution in [0.5, 0.6) is 0 Å². The number of alkyl halides is 1. The van der Waals surface area contributed by atoms with Gasteiger partial charge in [-0.05, 0) is 25.3 Å². The van der Waals surface area contributed by atoms with Gasteiger partial charge in [0.1, 0.15) is 0 Å². The first-order chi connectivity index (χ1) is 4.68. The maximum atomic E-state index is 12.0. The lowest BCUT2D eigenvalue weighted by Gasteiger charge is -2.26. The molecule has 0 aliphatic carbocycles. The molecule has 1 unspecified atom stereocenters. The smallest absolute Gasteiger partial charge is 0.0900 e. The van der Waals surface area contributed by atoms with Crippen molar-refractivity contribution in [2.45, 2.75) is 26.7 Å². The largest absolute Gasteiger partial charge is 0.319 e. The predicted molar refractivity (Wildman–Crippen MR) is 42.9 cm³/mol. The molecule has 62 valence electrons.